The van der Waals surface area contributed by atoms with Crippen LogP contribution in [0.5, 0.6) is 5.75 Å². The van der Waals surface area contributed by atoms with E-state index >= 15 is 0 Å². The molecule has 3 heteroatoms. The van der Waals surface area contributed by atoms with E-state index in [0.717, 1.165) is 25.2 Å². The van der Waals surface area contributed by atoms with Crippen molar-refractivity contribution in [3.05, 3.63) is 50.7 Å². The van der Waals surface area contributed by atoms with Gasteiger partial charge in [0.25, 0.3) is 0 Å². The van der Waals surface area contributed by atoms with Crippen LogP contribution >= 0.6 is 27.3 Å². The van der Waals surface area contributed by atoms with E-state index in [2.05, 4.69) is 40.2 Å². The highest BCUT2D eigenvalue weighted by atomic mass is 79.9. The van der Waals surface area contributed by atoms with E-state index in [1.807, 2.05) is 11.3 Å². The van der Waals surface area contributed by atoms with Crippen molar-refractivity contribution in [3.63, 3.8) is 0 Å². The van der Waals surface area contributed by atoms with Crippen LogP contribution in [-0.4, -0.2) is 6.61 Å². The minimum Gasteiger partial charge on any atom is -0.493 e. The molecule has 1 aliphatic heterocycles. The van der Waals surface area contributed by atoms with Crippen LogP contribution in [0.15, 0.2) is 24.3 Å². The van der Waals surface area contributed by atoms with Gasteiger partial charge in [-0.1, -0.05) is 28.1 Å². The fourth-order valence-corrected chi connectivity index (χ4v) is 5.14. The summed E-state index contributed by atoms with van der Waals surface area (Å²) in [5.41, 5.74) is 4.30. The molecule has 1 unspecified atom stereocenters. The third kappa shape index (κ3) is 2.21. The summed E-state index contributed by atoms with van der Waals surface area (Å²) in [6.07, 6.45) is 6.16. The van der Waals surface area contributed by atoms with E-state index in [1.165, 1.54) is 35.3 Å². The van der Waals surface area contributed by atoms with Gasteiger partial charge in [-0.25, -0.2) is 0 Å². The lowest BCUT2D eigenvalue weighted by Crippen LogP contribution is -2.08. The Balaban J connectivity index is 1.65. The number of rotatable bonds is 2. The van der Waals surface area contributed by atoms with Gasteiger partial charge in [-0.2, -0.15) is 0 Å². The van der Waals surface area contributed by atoms with Gasteiger partial charge in [0.15, 0.2) is 0 Å². The molecule has 20 heavy (non-hydrogen) atoms. The number of thiophene rings is 1. The Bertz CT molecular complexity index is 625. The first-order valence-corrected chi connectivity index (χ1v) is 9.05. The summed E-state index contributed by atoms with van der Waals surface area (Å²) in [5.74, 6) is 1.08. The molecule has 0 amide bonds. The van der Waals surface area contributed by atoms with Gasteiger partial charge in [0.05, 0.1) is 11.4 Å². The molecule has 1 nitrogen and oxygen atoms in total. The molecular weight excluding hydrogens is 332 g/mol. The number of benzene rings is 1. The largest absolute Gasteiger partial charge is 0.493 e. The molecule has 0 N–H and O–H groups in total. The van der Waals surface area contributed by atoms with Crippen LogP contribution < -0.4 is 4.74 Å². The van der Waals surface area contributed by atoms with Gasteiger partial charge >= 0.3 is 0 Å². The number of hydrogen-bond acceptors (Lipinski definition) is 2. The maximum Gasteiger partial charge on any atom is 0.122 e. The minimum absolute atomic E-state index is 0.324. The smallest absolute Gasteiger partial charge is 0.122 e. The van der Waals surface area contributed by atoms with Gasteiger partial charge in [-0.15, -0.1) is 11.3 Å². The Morgan fingerprint density at radius 2 is 1.95 bits per heavy atom. The van der Waals surface area contributed by atoms with Crippen LogP contribution in [0, 0.1) is 0 Å². The Labute approximate surface area is 132 Å². The zero-order chi connectivity index (χ0) is 13.5. The maximum atomic E-state index is 5.70. The molecule has 2 aromatic rings. The highest BCUT2D eigenvalue weighted by molar-refractivity contribution is 9.09. The normalized spacial score (nSPS) is 18.2. The lowest BCUT2D eigenvalue weighted by molar-refractivity contribution is 0.288. The third-order valence-corrected chi connectivity index (χ3v) is 6.87. The zero-order valence-electron chi connectivity index (χ0n) is 11.3. The second-order valence-electron chi connectivity index (χ2n) is 5.63. The second kappa shape index (κ2) is 5.19. The standard InChI is InChI=1S/C17H17BrOS/c18-17(16-10-12-3-1-5-15(12)20-16)13-6-7-14-11(9-13)4-2-8-19-14/h6-7,9-10,17H,1-5,8H2. The van der Waals surface area contributed by atoms with E-state index in [9.17, 15) is 0 Å². The summed E-state index contributed by atoms with van der Waals surface area (Å²) in [4.78, 5) is 3.38. The van der Waals surface area contributed by atoms with E-state index < -0.39 is 0 Å². The molecule has 2 aliphatic rings. The van der Waals surface area contributed by atoms with Crippen LogP contribution in [-0.2, 0) is 19.3 Å². The Hall–Kier alpha value is -0.800. The van der Waals surface area contributed by atoms with Crippen molar-refractivity contribution in [2.45, 2.75) is 36.9 Å². The van der Waals surface area contributed by atoms with Gasteiger partial charge in [-0.3, -0.25) is 0 Å². The van der Waals surface area contributed by atoms with Crippen molar-refractivity contribution < 1.29 is 4.74 Å². The fraction of sp³-hybridized carbons (Fsp3) is 0.412. The SMILES string of the molecule is BrC(c1ccc2c(c1)CCCO2)c1cc2c(s1)CCC2. The number of ether oxygens (including phenoxy) is 1. The van der Waals surface area contributed by atoms with E-state index in [0.29, 0.717) is 4.83 Å². The van der Waals surface area contributed by atoms with Crippen LogP contribution in [0.25, 0.3) is 0 Å². The maximum absolute atomic E-state index is 5.70. The third-order valence-electron chi connectivity index (χ3n) is 4.24. The van der Waals surface area contributed by atoms with Crippen LogP contribution in [0.2, 0.25) is 0 Å². The van der Waals surface area contributed by atoms with Crippen molar-refractivity contribution >= 4 is 27.3 Å². The molecule has 0 bridgehead atoms. The summed E-state index contributed by atoms with van der Waals surface area (Å²) in [6.45, 7) is 0.863. The molecule has 1 aliphatic carbocycles. The van der Waals surface area contributed by atoms with Gasteiger partial charge in [0.1, 0.15) is 5.75 Å². The first-order valence-electron chi connectivity index (χ1n) is 7.32. The Morgan fingerprint density at radius 3 is 2.85 bits per heavy atom. The molecule has 0 saturated carbocycles. The quantitative estimate of drug-likeness (QED) is 0.690. The topological polar surface area (TPSA) is 9.23 Å². The van der Waals surface area contributed by atoms with Crippen LogP contribution in [0.3, 0.4) is 0 Å². The number of alkyl halides is 1. The molecule has 1 atom stereocenters. The highest BCUT2D eigenvalue weighted by Gasteiger charge is 2.21. The van der Waals surface area contributed by atoms with Crippen LogP contribution in [0.1, 0.15) is 44.1 Å². The Kier molecular flexibility index (Phi) is 3.35. The average Bonchev–Trinajstić information content (AvgIpc) is 3.07. The monoisotopic (exact) mass is 348 g/mol. The summed E-state index contributed by atoms with van der Waals surface area (Å²) < 4.78 is 5.70. The van der Waals surface area contributed by atoms with Gasteiger partial charge in [-0.05, 0) is 60.9 Å². The van der Waals surface area contributed by atoms with Crippen LogP contribution in [0.4, 0.5) is 0 Å². The molecule has 1 aromatic carbocycles. The average molecular weight is 349 g/mol. The lowest BCUT2D eigenvalue weighted by atomic mass is 10.0. The molecule has 0 fully saturated rings. The first-order chi connectivity index (χ1) is 9.81. The second-order valence-corrected chi connectivity index (χ2v) is 7.72. The molecule has 0 saturated heterocycles. The van der Waals surface area contributed by atoms with Gasteiger partial charge < -0.3 is 4.74 Å². The number of hydrogen-bond donors (Lipinski definition) is 0. The van der Waals surface area contributed by atoms with Gasteiger partial charge in [0, 0.05) is 9.75 Å². The van der Waals surface area contributed by atoms with Crippen molar-refractivity contribution in [1.29, 1.82) is 0 Å². The molecule has 0 radical (unpaired) electrons. The summed E-state index contributed by atoms with van der Waals surface area (Å²) in [5, 5.41) is 0. The summed E-state index contributed by atoms with van der Waals surface area (Å²) in [6, 6.07) is 9.06. The number of fused-ring (bicyclic) bond motifs is 2. The number of halogens is 1. The summed E-state index contributed by atoms with van der Waals surface area (Å²) >= 11 is 5.88. The van der Waals surface area contributed by atoms with Crippen molar-refractivity contribution in [2.75, 3.05) is 6.61 Å². The first kappa shape index (κ1) is 12.9. The highest BCUT2D eigenvalue weighted by Crippen LogP contribution is 2.41. The minimum atomic E-state index is 0.324. The molecule has 0 spiro atoms. The summed E-state index contributed by atoms with van der Waals surface area (Å²) in [7, 11) is 0. The molecule has 4 rings (SSSR count). The van der Waals surface area contributed by atoms with Gasteiger partial charge in [0.2, 0.25) is 0 Å². The Morgan fingerprint density at radius 1 is 1.05 bits per heavy atom. The molecular formula is C17H17BrOS. The van der Waals surface area contributed by atoms with E-state index in [-0.39, 0.29) is 0 Å². The predicted octanol–water partition coefficient (Wildman–Crippen LogP) is 5.05. The number of aryl methyl sites for hydroxylation is 3. The lowest BCUT2D eigenvalue weighted by Gasteiger charge is -2.19. The van der Waals surface area contributed by atoms with Crippen molar-refractivity contribution in [2.24, 2.45) is 0 Å². The molecule has 104 valence electrons. The fourth-order valence-electron chi connectivity index (χ4n) is 3.18. The zero-order valence-corrected chi connectivity index (χ0v) is 13.7. The van der Waals surface area contributed by atoms with Crippen molar-refractivity contribution in [3.8, 4) is 5.75 Å². The van der Waals surface area contributed by atoms with Crippen molar-refractivity contribution in [1.82, 2.24) is 0 Å². The molecule has 2 heterocycles. The van der Waals surface area contributed by atoms with E-state index in [4.69, 9.17) is 4.74 Å². The van der Waals surface area contributed by atoms with E-state index in [1.54, 1.807) is 10.4 Å². The molecule has 1 aromatic heterocycles. The predicted molar refractivity (Wildman–Crippen MR) is 87.4 cm³/mol.